The maximum Gasteiger partial charge on any atom is 0.356 e. The van der Waals surface area contributed by atoms with Crippen molar-refractivity contribution in [3.8, 4) is 5.95 Å². The first-order valence-corrected chi connectivity index (χ1v) is 11.6. The summed E-state index contributed by atoms with van der Waals surface area (Å²) in [6.07, 6.45) is 6.24. The lowest BCUT2D eigenvalue weighted by Gasteiger charge is -2.15. The Labute approximate surface area is 145 Å². The number of imidazole rings is 2. The monoisotopic (exact) mass is 360 g/mol. The summed E-state index contributed by atoms with van der Waals surface area (Å²) >= 11 is 0. The van der Waals surface area contributed by atoms with Crippen LogP contribution in [0.25, 0.3) is 17.1 Å². The Hall–Kier alpha value is -2.59. The topological polar surface area (TPSA) is 108 Å². The number of hydrogen-bond acceptors (Lipinski definition) is 6. The van der Waals surface area contributed by atoms with Crippen LogP contribution in [0.5, 0.6) is 0 Å². The average molecular weight is 360 g/mol. The highest BCUT2D eigenvalue weighted by atomic mass is 28.3. The van der Waals surface area contributed by atoms with Crippen molar-refractivity contribution in [2.45, 2.75) is 32.4 Å². The number of aromatic carboxylic acids is 1. The summed E-state index contributed by atoms with van der Waals surface area (Å²) in [6, 6.07) is 1.03. The van der Waals surface area contributed by atoms with Crippen LogP contribution in [0.2, 0.25) is 25.7 Å². The zero-order valence-corrected chi connectivity index (χ0v) is 15.4. The lowest BCUT2D eigenvalue weighted by atomic mass is 10.3. The molecule has 0 aliphatic heterocycles. The quantitative estimate of drug-likeness (QED) is 0.507. The van der Waals surface area contributed by atoms with Crippen LogP contribution in [0.15, 0.2) is 25.0 Å². The van der Waals surface area contributed by atoms with E-state index in [4.69, 9.17) is 4.74 Å². The van der Waals surface area contributed by atoms with Crippen LogP contribution in [0, 0.1) is 0 Å². The second-order valence-corrected chi connectivity index (χ2v) is 12.5. The summed E-state index contributed by atoms with van der Waals surface area (Å²) in [7, 11) is -1.18. The highest BCUT2D eigenvalue weighted by Crippen LogP contribution is 2.17. The van der Waals surface area contributed by atoms with Gasteiger partial charge in [0, 0.05) is 27.1 Å². The summed E-state index contributed by atoms with van der Waals surface area (Å²) in [5, 5.41) is 9.53. The van der Waals surface area contributed by atoms with Gasteiger partial charge in [-0.15, -0.1) is 0 Å². The van der Waals surface area contributed by atoms with E-state index in [9.17, 15) is 9.90 Å². The van der Waals surface area contributed by atoms with Crippen LogP contribution in [0.4, 0.5) is 0 Å². The summed E-state index contributed by atoms with van der Waals surface area (Å²) < 4.78 is 8.86. The molecule has 3 aromatic heterocycles. The van der Waals surface area contributed by atoms with Crippen LogP contribution in [-0.4, -0.2) is 54.8 Å². The van der Waals surface area contributed by atoms with Gasteiger partial charge in [0.1, 0.15) is 18.6 Å². The van der Waals surface area contributed by atoms with Gasteiger partial charge in [0.15, 0.2) is 11.3 Å². The number of rotatable bonds is 7. The maximum absolute atomic E-state index is 11.7. The Bertz CT molecular complexity index is 885. The molecule has 0 unspecified atom stereocenters. The molecule has 0 saturated heterocycles. The van der Waals surface area contributed by atoms with Crippen LogP contribution in [-0.2, 0) is 11.5 Å². The molecule has 0 saturated carbocycles. The van der Waals surface area contributed by atoms with Gasteiger partial charge in [-0.2, -0.15) is 4.98 Å². The van der Waals surface area contributed by atoms with E-state index < -0.39 is 14.0 Å². The fourth-order valence-electron chi connectivity index (χ4n) is 2.25. The molecule has 3 rings (SSSR count). The van der Waals surface area contributed by atoms with E-state index in [1.807, 2.05) is 0 Å². The van der Waals surface area contributed by atoms with Gasteiger partial charge in [0.05, 0.1) is 6.33 Å². The van der Waals surface area contributed by atoms with Crippen molar-refractivity contribution < 1.29 is 14.6 Å². The fraction of sp³-hybridized carbons (Fsp3) is 0.400. The van der Waals surface area contributed by atoms with Crippen LogP contribution in [0.1, 0.15) is 10.5 Å². The molecule has 0 bridgehead atoms. The number of carbonyl (C=O) groups is 1. The van der Waals surface area contributed by atoms with Crippen molar-refractivity contribution in [1.82, 2.24) is 29.1 Å². The van der Waals surface area contributed by atoms with E-state index in [2.05, 4.69) is 39.6 Å². The maximum atomic E-state index is 11.7. The smallest absolute Gasteiger partial charge is 0.356 e. The summed E-state index contributed by atoms with van der Waals surface area (Å²) in [4.78, 5) is 28.2. The normalized spacial score (nSPS) is 12.0. The zero-order chi connectivity index (χ0) is 18.0. The molecule has 25 heavy (non-hydrogen) atoms. The first-order chi connectivity index (χ1) is 11.8. The van der Waals surface area contributed by atoms with Gasteiger partial charge in [-0.1, -0.05) is 19.6 Å². The van der Waals surface area contributed by atoms with Crippen molar-refractivity contribution in [3.63, 3.8) is 0 Å². The van der Waals surface area contributed by atoms with Crippen LogP contribution >= 0.6 is 0 Å². The zero-order valence-electron chi connectivity index (χ0n) is 14.4. The van der Waals surface area contributed by atoms with E-state index in [1.54, 1.807) is 17.0 Å². The minimum Gasteiger partial charge on any atom is -0.476 e. The lowest BCUT2D eigenvalue weighted by Crippen LogP contribution is -2.22. The number of carboxylic acids is 1. The minimum absolute atomic E-state index is 0.111. The Morgan fingerprint density at radius 3 is 2.72 bits per heavy atom. The van der Waals surface area contributed by atoms with Gasteiger partial charge in [-0.05, 0) is 6.04 Å². The minimum atomic E-state index is -1.18. The van der Waals surface area contributed by atoms with Crippen molar-refractivity contribution >= 4 is 25.2 Å². The Balaban J connectivity index is 1.90. The second kappa shape index (κ2) is 6.73. The van der Waals surface area contributed by atoms with E-state index in [-0.39, 0.29) is 18.4 Å². The molecular weight excluding hydrogens is 340 g/mol. The number of fused-ring (bicyclic) bond motifs is 1. The molecule has 0 spiro atoms. The molecule has 0 atom stereocenters. The van der Waals surface area contributed by atoms with Gasteiger partial charge in [0.2, 0.25) is 5.95 Å². The number of nitrogens with zero attached hydrogens (tertiary/aromatic N) is 6. The predicted octanol–water partition coefficient (Wildman–Crippen LogP) is 2.02. The van der Waals surface area contributed by atoms with Crippen molar-refractivity contribution in [1.29, 1.82) is 0 Å². The predicted molar refractivity (Wildman–Crippen MR) is 93.5 cm³/mol. The highest BCUT2D eigenvalue weighted by molar-refractivity contribution is 6.76. The number of aromatic nitrogens is 6. The van der Waals surface area contributed by atoms with Gasteiger partial charge >= 0.3 is 5.97 Å². The van der Waals surface area contributed by atoms with Gasteiger partial charge in [-0.3, -0.25) is 4.57 Å². The van der Waals surface area contributed by atoms with E-state index in [1.165, 1.54) is 17.2 Å². The standard InChI is InChI=1S/C15H20N6O3Si/c1-25(2,3)7-6-24-10-21-9-17-13-12(21)11(14(22)23)18-15(19-13)20-5-4-16-8-20/h4-5,8-9H,6-7,10H2,1-3H3,(H,22,23). The largest absolute Gasteiger partial charge is 0.476 e. The molecule has 3 heterocycles. The molecule has 9 nitrogen and oxygen atoms in total. The van der Waals surface area contributed by atoms with Crippen LogP contribution < -0.4 is 0 Å². The van der Waals surface area contributed by atoms with Gasteiger partial charge in [-0.25, -0.2) is 19.7 Å². The van der Waals surface area contributed by atoms with E-state index in [0.717, 1.165) is 6.04 Å². The number of carboxylic acid groups (broad SMARTS) is 1. The summed E-state index contributed by atoms with van der Waals surface area (Å²) in [5.41, 5.74) is 0.550. The third-order valence-corrected chi connectivity index (χ3v) is 5.33. The molecular formula is C15H20N6O3Si. The molecule has 0 amide bonds. The third-order valence-electron chi connectivity index (χ3n) is 3.63. The molecule has 3 aromatic rings. The van der Waals surface area contributed by atoms with Crippen molar-refractivity contribution in [2.24, 2.45) is 0 Å². The van der Waals surface area contributed by atoms with Gasteiger partial charge < -0.3 is 14.4 Å². The first kappa shape index (κ1) is 17.2. The van der Waals surface area contributed by atoms with Gasteiger partial charge in [0.25, 0.3) is 0 Å². The lowest BCUT2D eigenvalue weighted by molar-refractivity contribution is 0.0689. The Morgan fingerprint density at radius 2 is 2.08 bits per heavy atom. The molecule has 132 valence electrons. The van der Waals surface area contributed by atoms with Crippen molar-refractivity contribution in [2.75, 3.05) is 6.61 Å². The van der Waals surface area contributed by atoms with Crippen molar-refractivity contribution in [3.05, 3.63) is 30.7 Å². The number of hydrogen-bond donors (Lipinski definition) is 1. The molecule has 1 N–H and O–H groups in total. The average Bonchev–Trinajstić information content (AvgIpc) is 3.19. The molecule has 0 aliphatic carbocycles. The second-order valence-electron chi connectivity index (χ2n) is 6.88. The Kier molecular flexibility index (Phi) is 4.64. The third kappa shape index (κ3) is 3.91. The summed E-state index contributed by atoms with van der Waals surface area (Å²) in [6.45, 7) is 7.67. The first-order valence-electron chi connectivity index (χ1n) is 7.87. The molecule has 0 fully saturated rings. The molecule has 0 aromatic carbocycles. The van der Waals surface area contributed by atoms with E-state index >= 15 is 0 Å². The molecule has 10 heteroatoms. The SMILES string of the molecule is C[Si](C)(C)CCOCn1cnc2nc(-n3ccnc3)nc(C(=O)O)c21. The van der Waals surface area contributed by atoms with E-state index in [0.29, 0.717) is 17.8 Å². The summed E-state index contributed by atoms with van der Waals surface area (Å²) in [5.74, 6) is -0.926. The molecule has 0 aliphatic rings. The number of ether oxygens (including phenoxy) is 1. The molecule has 0 radical (unpaired) electrons. The Morgan fingerprint density at radius 1 is 1.28 bits per heavy atom. The fourth-order valence-corrected chi connectivity index (χ4v) is 3.01. The highest BCUT2D eigenvalue weighted by Gasteiger charge is 2.20. The van der Waals surface area contributed by atoms with Crippen LogP contribution in [0.3, 0.4) is 0 Å².